The minimum absolute atomic E-state index is 0.322. The van der Waals surface area contributed by atoms with Crippen LogP contribution in [-0.2, 0) is 0 Å². The number of fused-ring (bicyclic) bond motifs is 1. The number of nitrogens with one attached hydrogen (secondary N) is 1. The van der Waals surface area contributed by atoms with Gasteiger partial charge in [-0.1, -0.05) is 41.9 Å². The molecule has 0 radical (unpaired) electrons. The highest BCUT2D eigenvalue weighted by Crippen LogP contribution is 2.31. The van der Waals surface area contributed by atoms with Crippen LogP contribution >= 0.6 is 11.6 Å². The Morgan fingerprint density at radius 3 is 2.18 bits per heavy atom. The number of amides is 1. The van der Waals surface area contributed by atoms with Gasteiger partial charge in [0.2, 0.25) is 0 Å². The number of benzene rings is 3. The highest BCUT2D eigenvalue weighted by Gasteiger charge is 2.26. The van der Waals surface area contributed by atoms with Crippen molar-refractivity contribution in [3.05, 3.63) is 99.8 Å². The van der Waals surface area contributed by atoms with Crippen LogP contribution < -0.4 is 10.5 Å². The number of carbonyl (C=O) groups is 1. The second kappa shape index (κ2) is 7.21. The Labute approximate surface area is 165 Å². The number of para-hydroxylation sites is 2. The lowest BCUT2D eigenvalue weighted by Crippen LogP contribution is -2.31. The molecule has 0 fully saturated rings. The van der Waals surface area contributed by atoms with Crippen molar-refractivity contribution >= 4 is 39.8 Å². The van der Waals surface area contributed by atoms with Crippen LogP contribution in [0.5, 0.6) is 5.75 Å². The fourth-order valence-electron chi connectivity index (χ4n) is 3.09. The van der Waals surface area contributed by atoms with Gasteiger partial charge >= 0.3 is 0 Å². The lowest BCUT2D eigenvalue weighted by atomic mass is 10.1. The number of halogens is 1. The molecule has 0 saturated heterocycles. The van der Waals surface area contributed by atoms with Crippen molar-refractivity contribution in [1.29, 1.82) is 0 Å². The molecule has 0 aliphatic rings. The smallest absolute Gasteiger partial charge is 0.272 e. The van der Waals surface area contributed by atoms with Crippen LogP contribution in [-0.4, -0.2) is 16.0 Å². The first-order valence-electron chi connectivity index (χ1n) is 8.55. The molecule has 2 N–H and O–H groups in total. The van der Waals surface area contributed by atoms with Gasteiger partial charge in [-0.3, -0.25) is 14.5 Å². The van der Waals surface area contributed by atoms with Crippen molar-refractivity contribution in [2.75, 3.05) is 4.90 Å². The van der Waals surface area contributed by atoms with Crippen LogP contribution in [0.1, 0.15) is 10.4 Å². The first-order valence-corrected chi connectivity index (χ1v) is 8.93. The Bertz CT molecular complexity index is 1220. The molecule has 4 aromatic rings. The Morgan fingerprint density at radius 2 is 1.46 bits per heavy atom. The minimum atomic E-state index is -0.656. The topological polar surface area (TPSA) is 73.4 Å². The minimum Gasteiger partial charge on any atom is -0.506 e. The van der Waals surface area contributed by atoms with Gasteiger partial charge < -0.3 is 10.1 Å². The van der Waals surface area contributed by atoms with Crippen LogP contribution in [0, 0.1) is 0 Å². The van der Waals surface area contributed by atoms with Crippen molar-refractivity contribution in [1.82, 2.24) is 4.98 Å². The van der Waals surface area contributed by atoms with Crippen molar-refractivity contribution in [2.45, 2.75) is 0 Å². The quantitative estimate of drug-likeness (QED) is 0.524. The summed E-state index contributed by atoms with van der Waals surface area (Å²) in [5, 5.41) is 11.6. The standard InChI is InChI=1S/C22H15ClN2O3/c23-14-10-12-16(13-11-14)25(15-6-2-1-3-7-15)22(28)19-20(26)17-8-4-5-9-18(17)24-21(19)27/h1-13H,(H2,24,26,27). The van der Waals surface area contributed by atoms with E-state index in [1.54, 1.807) is 72.8 Å². The van der Waals surface area contributed by atoms with E-state index in [0.29, 0.717) is 27.3 Å². The fourth-order valence-corrected chi connectivity index (χ4v) is 3.21. The number of carbonyl (C=O) groups excluding carboxylic acids is 1. The van der Waals surface area contributed by atoms with Gasteiger partial charge in [-0.05, 0) is 48.5 Å². The first kappa shape index (κ1) is 17.8. The number of anilines is 2. The summed E-state index contributed by atoms with van der Waals surface area (Å²) in [4.78, 5) is 30.1. The first-order chi connectivity index (χ1) is 13.6. The van der Waals surface area contributed by atoms with Gasteiger partial charge in [0.25, 0.3) is 11.5 Å². The van der Waals surface area contributed by atoms with Gasteiger partial charge in [-0.25, -0.2) is 0 Å². The number of hydrogen-bond acceptors (Lipinski definition) is 3. The normalized spacial score (nSPS) is 10.8. The van der Waals surface area contributed by atoms with E-state index in [4.69, 9.17) is 11.6 Å². The third-order valence-electron chi connectivity index (χ3n) is 4.41. The van der Waals surface area contributed by atoms with Crippen LogP contribution in [0.3, 0.4) is 0 Å². The number of rotatable bonds is 3. The van der Waals surface area contributed by atoms with E-state index in [9.17, 15) is 14.7 Å². The van der Waals surface area contributed by atoms with E-state index in [1.807, 2.05) is 6.07 Å². The molecule has 1 aromatic heterocycles. The number of aromatic nitrogens is 1. The molecule has 0 aliphatic heterocycles. The summed E-state index contributed by atoms with van der Waals surface area (Å²) in [5.41, 5.74) is 0.558. The van der Waals surface area contributed by atoms with Gasteiger partial charge in [0, 0.05) is 21.8 Å². The van der Waals surface area contributed by atoms with Gasteiger partial charge in [0.05, 0.1) is 5.52 Å². The molecule has 1 heterocycles. The van der Waals surface area contributed by atoms with Crippen LogP contribution in [0.2, 0.25) is 5.02 Å². The molecule has 3 aromatic carbocycles. The summed E-state index contributed by atoms with van der Waals surface area (Å²) in [7, 11) is 0. The lowest BCUT2D eigenvalue weighted by molar-refractivity contribution is 0.0995. The molecule has 0 saturated carbocycles. The molecule has 0 spiro atoms. The predicted molar refractivity (Wildman–Crippen MR) is 111 cm³/mol. The Morgan fingerprint density at radius 1 is 0.857 bits per heavy atom. The zero-order valence-corrected chi connectivity index (χ0v) is 15.4. The number of aromatic hydroxyl groups is 1. The Hall–Kier alpha value is -3.57. The molecule has 138 valence electrons. The molecule has 0 unspecified atom stereocenters. The van der Waals surface area contributed by atoms with Crippen molar-refractivity contribution in [3.8, 4) is 5.75 Å². The average Bonchev–Trinajstić information content (AvgIpc) is 2.70. The van der Waals surface area contributed by atoms with E-state index in [0.717, 1.165) is 0 Å². The van der Waals surface area contributed by atoms with E-state index < -0.39 is 11.5 Å². The van der Waals surface area contributed by atoms with Gasteiger partial charge in [0.1, 0.15) is 11.3 Å². The number of H-pyrrole nitrogens is 1. The van der Waals surface area contributed by atoms with Crippen molar-refractivity contribution in [3.63, 3.8) is 0 Å². The Kier molecular flexibility index (Phi) is 4.59. The zero-order valence-electron chi connectivity index (χ0n) is 14.6. The molecule has 4 rings (SSSR count). The van der Waals surface area contributed by atoms with E-state index in [2.05, 4.69) is 4.98 Å². The summed E-state index contributed by atoms with van der Waals surface area (Å²) in [5.74, 6) is -0.989. The third kappa shape index (κ3) is 3.12. The zero-order chi connectivity index (χ0) is 19.7. The molecule has 0 aliphatic carbocycles. The fraction of sp³-hybridized carbons (Fsp3) is 0. The summed E-state index contributed by atoms with van der Waals surface area (Å²) < 4.78 is 0. The number of pyridine rings is 1. The summed E-state index contributed by atoms with van der Waals surface area (Å²) in [6.45, 7) is 0. The maximum atomic E-state index is 13.4. The monoisotopic (exact) mass is 390 g/mol. The van der Waals surface area contributed by atoms with E-state index >= 15 is 0 Å². The molecule has 0 atom stereocenters. The van der Waals surface area contributed by atoms with Crippen LogP contribution in [0.15, 0.2) is 83.7 Å². The third-order valence-corrected chi connectivity index (χ3v) is 4.66. The Balaban J connectivity index is 1.93. The predicted octanol–water partition coefficient (Wildman–Crippen LogP) is 4.87. The van der Waals surface area contributed by atoms with E-state index in [-0.39, 0.29) is 11.3 Å². The molecule has 28 heavy (non-hydrogen) atoms. The number of hydrogen-bond donors (Lipinski definition) is 2. The van der Waals surface area contributed by atoms with Crippen molar-refractivity contribution in [2.24, 2.45) is 0 Å². The maximum absolute atomic E-state index is 13.4. The van der Waals surface area contributed by atoms with Crippen molar-refractivity contribution < 1.29 is 9.90 Å². The molecule has 1 amide bonds. The van der Waals surface area contributed by atoms with Gasteiger partial charge in [-0.15, -0.1) is 0 Å². The highest BCUT2D eigenvalue weighted by atomic mass is 35.5. The van der Waals surface area contributed by atoms with Gasteiger partial charge in [0.15, 0.2) is 0 Å². The SMILES string of the molecule is O=C(c1c(O)c2ccccc2[nH]c1=O)N(c1ccccc1)c1ccc(Cl)cc1. The summed E-state index contributed by atoms with van der Waals surface area (Å²) in [6.07, 6.45) is 0. The molecular formula is C22H15ClN2O3. The molecular weight excluding hydrogens is 376 g/mol. The molecule has 6 heteroatoms. The number of aromatic amines is 1. The second-order valence-corrected chi connectivity index (χ2v) is 6.61. The van der Waals surface area contributed by atoms with Gasteiger partial charge in [-0.2, -0.15) is 0 Å². The van der Waals surface area contributed by atoms with Crippen LogP contribution in [0.4, 0.5) is 11.4 Å². The van der Waals surface area contributed by atoms with E-state index in [1.165, 1.54) is 4.90 Å². The molecule has 5 nitrogen and oxygen atoms in total. The molecule has 0 bridgehead atoms. The highest BCUT2D eigenvalue weighted by molar-refractivity contribution is 6.30. The summed E-state index contributed by atoms with van der Waals surface area (Å²) >= 11 is 5.98. The second-order valence-electron chi connectivity index (χ2n) is 6.18. The lowest BCUT2D eigenvalue weighted by Gasteiger charge is -2.23. The maximum Gasteiger partial charge on any atom is 0.272 e. The average molecular weight is 391 g/mol. The number of nitrogens with zero attached hydrogens (tertiary/aromatic N) is 1. The van der Waals surface area contributed by atoms with Crippen LogP contribution in [0.25, 0.3) is 10.9 Å². The summed E-state index contributed by atoms with van der Waals surface area (Å²) in [6, 6.07) is 22.4. The largest absolute Gasteiger partial charge is 0.506 e.